The molecule has 2 amide bonds. The first kappa shape index (κ1) is 26.7. The molecular weight excluding hydrogens is 434 g/mol. The molecule has 0 aromatic carbocycles. The Morgan fingerprint density at radius 2 is 1.69 bits per heavy atom. The molecule has 32 heavy (non-hydrogen) atoms. The number of amides is 2. The lowest BCUT2D eigenvalue weighted by Crippen LogP contribution is -2.68. The van der Waals surface area contributed by atoms with E-state index in [0.29, 0.717) is 0 Å². The summed E-state index contributed by atoms with van der Waals surface area (Å²) in [7, 11) is -2.58. The molecule has 1 saturated heterocycles. The molecule has 0 aliphatic carbocycles. The Morgan fingerprint density at radius 1 is 1.19 bits per heavy atom. The molecule has 0 unspecified atom stereocenters. The van der Waals surface area contributed by atoms with Gasteiger partial charge in [0.2, 0.25) is 0 Å². The van der Waals surface area contributed by atoms with E-state index in [-0.39, 0.29) is 22.1 Å². The number of carbonyl (C=O) groups excluding carboxylic acids is 3. The summed E-state index contributed by atoms with van der Waals surface area (Å²) >= 11 is 0. The zero-order valence-electron chi connectivity index (χ0n) is 20.5. The predicted molar refractivity (Wildman–Crippen MR) is 119 cm³/mol. The summed E-state index contributed by atoms with van der Waals surface area (Å²) in [6, 6.07) is -1.21. The van der Waals surface area contributed by atoms with Crippen molar-refractivity contribution in [2.45, 2.75) is 97.2 Å². The van der Waals surface area contributed by atoms with Crippen LogP contribution in [-0.2, 0) is 28.3 Å². The van der Waals surface area contributed by atoms with E-state index in [2.05, 4.69) is 27.7 Å². The number of ether oxygens (including phenoxy) is 2. The first-order valence-corrected chi connectivity index (χ1v) is 13.8. The van der Waals surface area contributed by atoms with E-state index < -0.39 is 63.4 Å². The van der Waals surface area contributed by atoms with E-state index in [1.54, 1.807) is 13.8 Å². The van der Waals surface area contributed by atoms with Crippen molar-refractivity contribution in [2.24, 2.45) is 5.92 Å². The van der Waals surface area contributed by atoms with Gasteiger partial charge in [0.05, 0.1) is 6.61 Å². The Labute approximate surface area is 190 Å². The summed E-state index contributed by atoms with van der Waals surface area (Å²) in [6.07, 6.45) is -5.08. The van der Waals surface area contributed by atoms with E-state index in [0.717, 1.165) is 4.90 Å². The molecule has 2 aliphatic heterocycles. The largest absolute Gasteiger partial charge is 0.457 e. The van der Waals surface area contributed by atoms with Gasteiger partial charge >= 0.3 is 5.97 Å². The van der Waals surface area contributed by atoms with Gasteiger partial charge in [-0.25, -0.2) is 0 Å². The Bertz CT molecular complexity index is 782. The van der Waals surface area contributed by atoms with Gasteiger partial charge in [0.1, 0.15) is 18.2 Å². The first-order valence-electron chi connectivity index (χ1n) is 10.9. The van der Waals surface area contributed by atoms with E-state index >= 15 is 0 Å². The molecule has 10 heteroatoms. The molecule has 0 spiro atoms. The summed E-state index contributed by atoms with van der Waals surface area (Å²) in [5.41, 5.74) is 0.543. The molecule has 182 valence electrons. The van der Waals surface area contributed by atoms with E-state index in [1.807, 2.05) is 13.1 Å². The molecule has 2 heterocycles. The molecule has 9 nitrogen and oxygen atoms in total. The van der Waals surface area contributed by atoms with Crippen LogP contribution in [0, 0.1) is 5.92 Å². The third kappa shape index (κ3) is 4.56. The van der Waals surface area contributed by atoms with Gasteiger partial charge in [0.15, 0.2) is 20.7 Å². The summed E-state index contributed by atoms with van der Waals surface area (Å²) in [5.74, 6) is -1.54. The van der Waals surface area contributed by atoms with Crippen LogP contribution in [0.4, 0.5) is 0 Å². The van der Waals surface area contributed by atoms with E-state index in [9.17, 15) is 24.6 Å². The zero-order chi connectivity index (χ0) is 24.8. The van der Waals surface area contributed by atoms with Crippen LogP contribution in [0.1, 0.15) is 48.5 Å². The van der Waals surface area contributed by atoms with Gasteiger partial charge in [-0.15, -0.1) is 0 Å². The highest BCUT2D eigenvalue weighted by molar-refractivity contribution is 6.74. The van der Waals surface area contributed by atoms with Crippen LogP contribution >= 0.6 is 0 Å². The third-order valence-electron chi connectivity index (χ3n) is 7.47. The molecule has 0 radical (unpaired) electrons. The van der Waals surface area contributed by atoms with Gasteiger partial charge in [-0.05, 0) is 37.9 Å². The SMILES string of the molecule is CC(=O)O[C@H]1[C@H](O)[C@@H](CO)O[C@@H](O[Si](C)(C)C(C)(C)C(C)C)[C@@H]1N1C(=O)C(C)=C(C)C1=O. The fourth-order valence-corrected chi connectivity index (χ4v) is 6.40. The van der Waals surface area contributed by atoms with Crippen LogP contribution in [0.15, 0.2) is 11.1 Å². The minimum Gasteiger partial charge on any atom is -0.457 e. The lowest BCUT2D eigenvalue weighted by Gasteiger charge is -2.51. The molecule has 2 rings (SSSR count). The van der Waals surface area contributed by atoms with Crippen molar-refractivity contribution in [3.05, 3.63) is 11.1 Å². The molecule has 2 N–H and O–H groups in total. The van der Waals surface area contributed by atoms with Crippen LogP contribution in [0.3, 0.4) is 0 Å². The maximum absolute atomic E-state index is 13.0. The number of carbonyl (C=O) groups is 3. The second kappa shape index (κ2) is 9.34. The minimum atomic E-state index is -2.58. The normalized spacial score (nSPS) is 29.9. The van der Waals surface area contributed by atoms with Crippen LogP contribution in [0.25, 0.3) is 0 Å². The second-order valence-electron chi connectivity index (χ2n) is 10.0. The molecule has 5 atom stereocenters. The van der Waals surface area contributed by atoms with Gasteiger partial charge in [0.25, 0.3) is 11.8 Å². The number of imide groups is 1. The number of aliphatic hydroxyl groups is 2. The fourth-order valence-electron chi connectivity index (χ4n) is 3.93. The van der Waals surface area contributed by atoms with Gasteiger partial charge in [-0.1, -0.05) is 27.7 Å². The predicted octanol–water partition coefficient (Wildman–Crippen LogP) is 1.73. The summed E-state index contributed by atoms with van der Waals surface area (Å²) < 4.78 is 17.8. The smallest absolute Gasteiger partial charge is 0.303 e. The Kier molecular flexibility index (Phi) is 7.78. The van der Waals surface area contributed by atoms with Crippen LogP contribution in [-0.4, -0.2) is 78.5 Å². The van der Waals surface area contributed by atoms with Crippen molar-refractivity contribution in [2.75, 3.05) is 6.61 Å². The molecule has 0 aromatic heterocycles. The molecule has 0 aromatic rings. The van der Waals surface area contributed by atoms with Crippen molar-refractivity contribution in [3.63, 3.8) is 0 Å². The first-order chi connectivity index (χ1) is 14.6. The minimum absolute atomic E-state index is 0.230. The lowest BCUT2D eigenvalue weighted by atomic mass is 9.95. The van der Waals surface area contributed by atoms with Crippen LogP contribution in [0.2, 0.25) is 18.1 Å². The maximum Gasteiger partial charge on any atom is 0.303 e. The van der Waals surface area contributed by atoms with Gasteiger partial charge in [-0.3, -0.25) is 19.3 Å². The van der Waals surface area contributed by atoms with Crippen molar-refractivity contribution < 1.29 is 38.5 Å². The third-order valence-corrected chi connectivity index (χ3v) is 12.0. The average molecular weight is 472 g/mol. The monoisotopic (exact) mass is 471 g/mol. The Hall–Kier alpha value is -1.59. The highest BCUT2D eigenvalue weighted by atomic mass is 28.4. The summed E-state index contributed by atoms with van der Waals surface area (Å²) in [4.78, 5) is 38.9. The van der Waals surface area contributed by atoms with Gasteiger partial charge < -0.3 is 24.1 Å². The van der Waals surface area contributed by atoms with Crippen molar-refractivity contribution >= 4 is 26.1 Å². The number of hydrogen-bond acceptors (Lipinski definition) is 8. The fraction of sp³-hybridized carbons (Fsp3) is 0.773. The quantitative estimate of drug-likeness (QED) is 0.327. The number of esters is 1. The molecular formula is C22H37NO8Si. The highest BCUT2D eigenvalue weighted by Gasteiger charge is 2.57. The van der Waals surface area contributed by atoms with Gasteiger partial charge in [-0.2, -0.15) is 0 Å². The summed E-state index contributed by atoms with van der Waals surface area (Å²) in [6.45, 7) is 16.1. The average Bonchev–Trinajstić information content (AvgIpc) is 2.87. The van der Waals surface area contributed by atoms with Crippen LogP contribution in [0.5, 0.6) is 0 Å². The molecule has 2 aliphatic rings. The van der Waals surface area contributed by atoms with E-state index in [4.69, 9.17) is 13.9 Å². The lowest BCUT2D eigenvalue weighted by molar-refractivity contribution is -0.266. The molecule has 1 fully saturated rings. The highest BCUT2D eigenvalue weighted by Crippen LogP contribution is 2.46. The van der Waals surface area contributed by atoms with Crippen molar-refractivity contribution in [1.82, 2.24) is 4.90 Å². The standard InChI is InChI=1S/C22H37NO8Si/c1-11(2)22(6,7)32(8,9)31-21-16(23-19(27)12(3)13(4)20(23)28)18(29-14(5)25)17(26)15(10-24)30-21/h11,15-18,21,24,26H,10H2,1-9H3/t15-,16-,17-,18-,21+/m1/s1. The number of nitrogens with zero attached hydrogens (tertiary/aromatic N) is 1. The molecule has 0 saturated carbocycles. The number of rotatable bonds is 7. The maximum atomic E-state index is 13.0. The van der Waals surface area contributed by atoms with Crippen LogP contribution < -0.4 is 0 Å². The van der Waals surface area contributed by atoms with E-state index in [1.165, 1.54) is 6.92 Å². The van der Waals surface area contributed by atoms with Crippen molar-refractivity contribution in [1.29, 1.82) is 0 Å². The Morgan fingerprint density at radius 3 is 2.09 bits per heavy atom. The zero-order valence-corrected chi connectivity index (χ0v) is 21.5. The molecule has 0 bridgehead atoms. The number of aliphatic hydroxyl groups excluding tert-OH is 2. The second-order valence-corrected chi connectivity index (χ2v) is 14.6. The van der Waals surface area contributed by atoms with Crippen molar-refractivity contribution in [3.8, 4) is 0 Å². The topological polar surface area (TPSA) is 123 Å². The Balaban J connectivity index is 2.58. The summed E-state index contributed by atoms with van der Waals surface area (Å²) in [5, 5.41) is 20.4. The van der Waals surface area contributed by atoms with Gasteiger partial charge in [0, 0.05) is 18.1 Å². The number of hydrogen-bond donors (Lipinski definition) is 2.